The van der Waals surface area contributed by atoms with Crippen LogP contribution in [-0.2, 0) is 4.79 Å². The average molecular weight is 364 g/mol. The van der Waals surface area contributed by atoms with Crippen LogP contribution in [0.3, 0.4) is 0 Å². The van der Waals surface area contributed by atoms with E-state index in [0.29, 0.717) is 34.6 Å². The van der Waals surface area contributed by atoms with Gasteiger partial charge < -0.3 is 24.4 Å². The third kappa shape index (κ3) is 4.59. The zero-order valence-electron chi connectivity index (χ0n) is 16.1. The van der Waals surface area contributed by atoms with Gasteiger partial charge in [-0.1, -0.05) is 13.8 Å². The number of rotatable bonds is 6. The van der Waals surface area contributed by atoms with Gasteiger partial charge in [-0.15, -0.1) is 0 Å². The van der Waals surface area contributed by atoms with E-state index in [1.54, 1.807) is 12.1 Å². The molecule has 1 saturated heterocycles. The second-order valence-electron chi connectivity index (χ2n) is 6.84. The first-order valence-electron chi connectivity index (χ1n) is 8.75. The maximum Gasteiger partial charge on any atom is 0.251 e. The lowest BCUT2D eigenvalue weighted by atomic mass is 9.92. The Hall–Kier alpha value is -2.44. The number of carbonyl (C=O) groups excluding carboxylic acids is 2. The smallest absolute Gasteiger partial charge is 0.251 e. The van der Waals surface area contributed by atoms with Gasteiger partial charge in [-0.05, 0) is 30.4 Å². The minimum atomic E-state index is -0.365. The fraction of sp³-hybridized carbons (Fsp3) is 0.579. The number of carbonyl (C=O) groups is 2. The normalized spacial score (nSPS) is 19.7. The van der Waals surface area contributed by atoms with Crippen molar-refractivity contribution >= 4 is 11.8 Å². The highest BCUT2D eigenvalue weighted by Gasteiger charge is 2.25. The van der Waals surface area contributed by atoms with Gasteiger partial charge in [0.05, 0.1) is 27.9 Å². The molecule has 1 N–H and O–H groups in total. The molecule has 1 aliphatic heterocycles. The van der Waals surface area contributed by atoms with E-state index < -0.39 is 0 Å². The van der Waals surface area contributed by atoms with Crippen LogP contribution in [0.1, 0.15) is 30.6 Å². The summed E-state index contributed by atoms with van der Waals surface area (Å²) in [5.41, 5.74) is 0.340. The molecule has 0 radical (unpaired) electrons. The molecule has 0 saturated carbocycles. The second kappa shape index (κ2) is 8.78. The molecule has 0 aliphatic carbocycles. The summed E-state index contributed by atoms with van der Waals surface area (Å²) >= 11 is 0. The van der Waals surface area contributed by atoms with Gasteiger partial charge in [0.15, 0.2) is 11.5 Å². The van der Waals surface area contributed by atoms with Crippen molar-refractivity contribution in [1.82, 2.24) is 10.2 Å². The number of likely N-dealkylation sites (tertiary alicyclic amines) is 1. The van der Waals surface area contributed by atoms with Crippen molar-refractivity contribution in [2.24, 2.45) is 11.8 Å². The van der Waals surface area contributed by atoms with E-state index in [4.69, 9.17) is 14.2 Å². The van der Waals surface area contributed by atoms with Crippen LogP contribution in [0, 0.1) is 11.8 Å². The van der Waals surface area contributed by atoms with Crippen molar-refractivity contribution in [2.45, 2.75) is 20.3 Å². The molecule has 0 aromatic heterocycles. The van der Waals surface area contributed by atoms with Crippen molar-refractivity contribution in [3.8, 4) is 17.2 Å². The average Bonchev–Trinajstić information content (AvgIpc) is 2.63. The summed E-state index contributed by atoms with van der Waals surface area (Å²) in [6.45, 7) is 5.73. The fourth-order valence-electron chi connectivity index (χ4n) is 3.45. The Bertz CT molecular complexity index is 626. The van der Waals surface area contributed by atoms with Crippen LogP contribution in [0.15, 0.2) is 12.1 Å². The SMILES string of the molecule is COc1cc(C(=O)NCC(=O)N2C[C@H](C)C[C@@H](C)C2)cc(OC)c1OC. The number of methoxy groups -OCH3 is 3. The van der Waals surface area contributed by atoms with Crippen LogP contribution >= 0.6 is 0 Å². The summed E-state index contributed by atoms with van der Waals surface area (Å²) in [6, 6.07) is 3.12. The molecule has 1 aromatic rings. The monoisotopic (exact) mass is 364 g/mol. The third-order valence-electron chi connectivity index (χ3n) is 4.55. The Kier molecular flexibility index (Phi) is 6.71. The largest absolute Gasteiger partial charge is 0.493 e. The van der Waals surface area contributed by atoms with Gasteiger partial charge >= 0.3 is 0 Å². The minimum Gasteiger partial charge on any atom is -0.493 e. The molecule has 2 atom stereocenters. The molecule has 2 amide bonds. The first kappa shape index (κ1) is 19.9. The highest BCUT2D eigenvalue weighted by atomic mass is 16.5. The quantitative estimate of drug-likeness (QED) is 0.835. The lowest BCUT2D eigenvalue weighted by Gasteiger charge is -2.35. The van der Waals surface area contributed by atoms with Crippen molar-refractivity contribution in [3.05, 3.63) is 17.7 Å². The molecule has 7 heteroatoms. The highest BCUT2D eigenvalue weighted by molar-refractivity contribution is 5.97. The summed E-state index contributed by atoms with van der Waals surface area (Å²) in [5.74, 6) is 1.73. The number of hydrogen-bond donors (Lipinski definition) is 1. The molecule has 1 heterocycles. The Morgan fingerprint density at radius 1 is 1.04 bits per heavy atom. The second-order valence-corrected chi connectivity index (χ2v) is 6.84. The fourth-order valence-corrected chi connectivity index (χ4v) is 3.45. The third-order valence-corrected chi connectivity index (χ3v) is 4.55. The van der Waals surface area contributed by atoms with E-state index in [1.807, 2.05) is 4.90 Å². The van der Waals surface area contributed by atoms with Crippen molar-refractivity contribution in [3.63, 3.8) is 0 Å². The first-order valence-corrected chi connectivity index (χ1v) is 8.75. The summed E-state index contributed by atoms with van der Waals surface area (Å²) in [6.07, 6.45) is 1.13. The number of nitrogens with zero attached hydrogens (tertiary/aromatic N) is 1. The van der Waals surface area contributed by atoms with Crippen LogP contribution in [0.4, 0.5) is 0 Å². The molecule has 2 rings (SSSR count). The molecule has 26 heavy (non-hydrogen) atoms. The van der Waals surface area contributed by atoms with E-state index in [-0.39, 0.29) is 18.4 Å². The molecule has 1 aromatic carbocycles. The molecule has 0 unspecified atom stereocenters. The zero-order valence-corrected chi connectivity index (χ0v) is 16.1. The lowest BCUT2D eigenvalue weighted by Crippen LogP contribution is -2.46. The number of amides is 2. The van der Waals surface area contributed by atoms with Crippen LogP contribution in [-0.4, -0.2) is 57.7 Å². The minimum absolute atomic E-state index is 0.0328. The van der Waals surface area contributed by atoms with Gasteiger partial charge in [0.2, 0.25) is 11.7 Å². The van der Waals surface area contributed by atoms with Gasteiger partial charge in [0.25, 0.3) is 5.91 Å². The zero-order chi connectivity index (χ0) is 19.3. The number of hydrogen-bond acceptors (Lipinski definition) is 5. The molecule has 0 bridgehead atoms. The summed E-state index contributed by atoms with van der Waals surface area (Å²) in [5, 5.41) is 2.68. The summed E-state index contributed by atoms with van der Waals surface area (Å²) in [7, 11) is 4.47. The van der Waals surface area contributed by atoms with Crippen molar-refractivity contribution in [2.75, 3.05) is 41.0 Å². The van der Waals surface area contributed by atoms with Crippen LogP contribution in [0.25, 0.3) is 0 Å². The maximum absolute atomic E-state index is 12.5. The van der Waals surface area contributed by atoms with E-state index in [2.05, 4.69) is 19.2 Å². The van der Waals surface area contributed by atoms with Crippen LogP contribution in [0.2, 0.25) is 0 Å². The predicted molar refractivity (Wildman–Crippen MR) is 98.0 cm³/mol. The number of benzene rings is 1. The Labute approximate surface area is 154 Å². The lowest BCUT2D eigenvalue weighted by molar-refractivity contribution is -0.132. The van der Waals surface area contributed by atoms with Gasteiger partial charge in [0.1, 0.15) is 0 Å². The topological polar surface area (TPSA) is 77.1 Å². The number of nitrogens with one attached hydrogen (secondary N) is 1. The summed E-state index contributed by atoms with van der Waals surface area (Å²) in [4.78, 5) is 26.7. The van der Waals surface area contributed by atoms with Gasteiger partial charge in [0, 0.05) is 18.7 Å². The molecule has 0 spiro atoms. The molecule has 1 fully saturated rings. The molecule has 7 nitrogen and oxygen atoms in total. The number of ether oxygens (including phenoxy) is 3. The Morgan fingerprint density at radius 2 is 1.58 bits per heavy atom. The van der Waals surface area contributed by atoms with E-state index in [0.717, 1.165) is 19.5 Å². The predicted octanol–water partition coefficient (Wildman–Crippen LogP) is 1.95. The van der Waals surface area contributed by atoms with Gasteiger partial charge in [-0.25, -0.2) is 0 Å². The standard InChI is InChI=1S/C19H28N2O5/c1-12-6-13(2)11-21(10-12)17(22)9-20-19(23)14-7-15(24-3)18(26-5)16(8-14)25-4/h7-8,12-13H,6,9-11H2,1-5H3,(H,20,23)/t12-,13-/m1/s1. The molecule has 1 aliphatic rings. The van der Waals surface area contributed by atoms with Crippen molar-refractivity contribution in [1.29, 1.82) is 0 Å². The maximum atomic E-state index is 12.5. The van der Waals surface area contributed by atoms with Crippen LogP contribution < -0.4 is 19.5 Å². The first-order chi connectivity index (χ1) is 12.4. The van der Waals surface area contributed by atoms with E-state index in [1.165, 1.54) is 21.3 Å². The van der Waals surface area contributed by atoms with Gasteiger partial charge in [-0.2, -0.15) is 0 Å². The molecule has 144 valence electrons. The molecular formula is C19H28N2O5. The Morgan fingerprint density at radius 3 is 2.04 bits per heavy atom. The highest BCUT2D eigenvalue weighted by Crippen LogP contribution is 2.38. The van der Waals surface area contributed by atoms with E-state index >= 15 is 0 Å². The van der Waals surface area contributed by atoms with Gasteiger partial charge in [-0.3, -0.25) is 9.59 Å². The molecular weight excluding hydrogens is 336 g/mol. The van der Waals surface area contributed by atoms with Crippen LogP contribution in [0.5, 0.6) is 17.2 Å². The van der Waals surface area contributed by atoms with E-state index in [9.17, 15) is 9.59 Å². The Balaban J connectivity index is 2.04. The number of piperidine rings is 1. The summed E-state index contributed by atoms with van der Waals surface area (Å²) < 4.78 is 15.8. The van der Waals surface area contributed by atoms with Crippen molar-refractivity contribution < 1.29 is 23.8 Å².